The molecule has 2 aliphatic rings. The molecule has 1 saturated heterocycles. The predicted molar refractivity (Wildman–Crippen MR) is 119 cm³/mol. The summed E-state index contributed by atoms with van der Waals surface area (Å²) in [6, 6.07) is 13.9. The maximum atomic E-state index is 6.11. The van der Waals surface area contributed by atoms with Gasteiger partial charge in [0.05, 0.1) is 24.9 Å². The SMILES string of the molecule is CC.COc1cccc2c1NC(=NCc1cccc(Cl)c1)C1(CCNCC1)N2. The summed E-state index contributed by atoms with van der Waals surface area (Å²) in [5.74, 6) is 1.78. The number of para-hydroxylation sites is 1. The number of aliphatic imine (C=N–C) groups is 1. The first-order valence-corrected chi connectivity index (χ1v) is 10.3. The van der Waals surface area contributed by atoms with Crippen molar-refractivity contribution in [2.75, 3.05) is 30.8 Å². The van der Waals surface area contributed by atoms with Crippen molar-refractivity contribution in [1.29, 1.82) is 0 Å². The van der Waals surface area contributed by atoms with Gasteiger partial charge >= 0.3 is 0 Å². The summed E-state index contributed by atoms with van der Waals surface area (Å²) in [5.41, 5.74) is 2.93. The molecule has 0 amide bonds. The van der Waals surface area contributed by atoms with Gasteiger partial charge in [-0.15, -0.1) is 0 Å². The van der Waals surface area contributed by atoms with Crippen molar-refractivity contribution in [1.82, 2.24) is 5.32 Å². The molecule has 0 aromatic heterocycles. The minimum atomic E-state index is -0.177. The van der Waals surface area contributed by atoms with Gasteiger partial charge in [-0.1, -0.05) is 43.6 Å². The van der Waals surface area contributed by atoms with E-state index in [1.807, 2.05) is 44.2 Å². The highest BCUT2D eigenvalue weighted by Crippen LogP contribution is 2.41. The molecule has 28 heavy (non-hydrogen) atoms. The van der Waals surface area contributed by atoms with Gasteiger partial charge in [0.15, 0.2) is 0 Å². The molecule has 0 bridgehead atoms. The van der Waals surface area contributed by atoms with Crippen LogP contribution in [0.2, 0.25) is 5.02 Å². The first kappa shape index (κ1) is 20.5. The number of piperidine rings is 1. The van der Waals surface area contributed by atoms with Crippen LogP contribution in [0, 0.1) is 0 Å². The third-order valence-corrected chi connectivity index (χ3v) is 5.32. The molecule has 0 aliphatic carbocycles. The number of hydrogen-bond donors (Lipinski definition) is 3. The Morgan fingerprint density at radius 3 is 2.57 bits per heavy atom. The monoisotopic (exact) mass is 400 g/mol. The zero-order valence-corrected chi connectivity index (χ0v) is 17.6. The fraction of sp³-hybridized carbons (Fsp3) is 0.409. The van der Waals surface area contributed by atoms with Gasteiger partial charge < -0.3 is 20.7 Å². The fourth-order valence-corrected chi connectivity index (χ4v) is 3.91. The number of halogens is 1. The third-order valence-electron chi connectivity index (χ3n) is 5.08. The van der Waals surface area contributed by atoms with Gasteiger partial charge in [-0.2, -0.15) is 0 Å². The van der Waals surface area contributed by atoms with E-state index < -0.39 is 0 Å². The van der Waals surface area contributed by atoms with E-state index in [0.29, 0.717) is 6.54 Å². The Labute approximate surface area is 172 Å². The van der Waals surface area contributed by atoms with Gasteiger partial charge in [-0.25, -0.2) is 0 Å². The first-order valence-electron chi connectivity index (χ1n) is 9.92. The molecule has 0 unspecified atom stereocenters. The summed E-state index contributed by atoms with van der Waals surface area (Å²) in [6.45, 7) is 6.51. The van der Waals surface area contributed by atoms with E-state index in [2.05, 4.69) is 28.1 Å². The van der Waals surface area contributed by atoms with Crippen molar-refractivity contribution in [3.63, 3.8) is 0 Å². The molecular weight excluding hydrogens is 372 g/mol. The van der Waals surface area contributed by atoms with E-state index in [0.717, 1.165) is 59.5 Å². The van der Waals surface area contributed by atoms with Crippen LogP contribution in [0.15, 0.2) is 47.5 Å². The number of nitrogens with one attached hydrogen (secondary N) is 3. The number of rotatable bonds is 3. The average Bonchev–Trinajstić information content (AvgIpc) is 2.74. The number of fused-ring (bicyclic) bond motifs is 1. The van der Waals surface area contributed by atoms with Crippen molar-refractivity contribution < 1.29 is 4.74 Å². The molecule has 150 valence electrons. The zero-order chi connectivity index (χ0) is 20.0. The molecule has 0 atom stereocenters. The molecule has 2 aromatic carbocycles. The summed E-state index contributed by atoms with van der Waals surface area (Å²) in [4.78, 5) is 4.95. The molecular formula is C22H29ClN4O. The van der Waals surface area contributed by atoms with Crippen LogP contribution in [0.1, 0.15) is 32.3 Å². The first-order chi connectivity index (χ1) is 13.7. The Morgan fingerprint density at radius 2 is 1.86 bits per heavy atom. The van der Waals surface area contributed by atoms with E-state index in [1.54, 1.807) is 7.11 Å². The quantitative estimate of drug-likeness (QED) is 0.683. The van der Waals surface area contributed by atoms with Gasteiger partial charge in [-0.05, 0) is 55.8 Å². The lowest BCUT2D eigenvalue weighted by Crippen LogP contribution is -2.57. The van der Waals surface area contributed by atoms with Crippen molar-refractivity contribution >= 4 is 28.8 Å². The lowest BCUT2D eigenvalue weighted by atomic mass is 9.84. The Morgan fingerprint density at radius 1 is 1.11 bits per heavy atom. The maximum absolute atomic E-state index is 6.11. The number of benzene rings is 2. The number of amidine groups is 1. The minimum Gasteiger partial charge on any atom is -0.494 e. The summed E-state index contributed by atoms with van der Waals surface area (Å²) in [7, 11) is 1.69. The van der Waals surface area contributed by atoms with E-state index >= 15 is 0 Å². The second-order valence-corrected chi connectivity index (χ2v) is 7.20. The van der Waals surface area contributed by atoms with E-state index in [9.17, 15) is 0 Å². The Balaban J connectivity index is 0.00000109. The Bertz CT molecular complexity index is 831. The molecule has 1 fully saturated rings. The zero-order valence-electron chi connectivity index (χ0n) is 16.8. The van der Waals surface area contributed by atoms with Crippen LogP contribution in [0.5, 0.6) is 5.75 Å². The van der Waals surface area contributed by atoms with E-state index in [-0.39, 0.29) is 5.54 Å². The van der Waals surface area contributed by atoms with Gasteiger partial charge in [0.2, 0.25) is 0 Å². The topological polar surface area (TPSA) is 57.7 Å². The van der Waals surface area contributed by atoms with Gasteiger partial charge in [0.1, 0.15) is 17.3 Å². The largest absolute Gasteiger partial charge is 0.494 e. The second kappa shape index (κ2) is 9.30. The van der Waals surface area contributed by atoms with Crippen LogP contribution in [0.3, 0.4) is 0 Å². The minimum absolute atomic E-state index is 0.177. The van der Waals surface area contributed by atoms with Crippen molar-refractivity contribution in [3.8, 4) is 5.75 Å². The number of nitrogens with zero attached hydrogens (tertiary/aromatic N) is 1. The maximum Gasteiger partial charge on any atom is 0.144 e. The molecule has 4 rings (SSSR count). The molecule has 0 saturated carbocycles. The average molecular weight is 401 g/mol. The highest BCUT2D eigenvalue weighted by atomic mass is 35.5. The number of methoxy groups -OCH3 is 1. The molecule has 5 nitrogen and oxygen atoms in total. The molecule has 2 heterocycles. The lowest BCUT2D eigenvalue weighted by Gasteiger charge is -2.44. The predicted octanol–water partition coefficient (Wildman–Crippen LogP) is 4.93. The fourth-order valence-electron chi connectivity index (χ4n) is 3.70. The highest BCUT2D eigenvalue weighted by molar-refractivity contribution is 6.30. The van der Waals surface area contributed by atoms with Gasteiger partial charge in [0.25, 0.3) is 0 Å². The normalized spacial score (nSPS) is 18.4. The van der Waals surface area contributed by atoms with Crippen LogP contribution >= 0.6 is 11.6 Å². The molecule has 0 radical (unpaired) electrons. The third kappa shape index (κ3) is 4.26. The molecule has 2 aliphatic heterocycles. The molecule has 2 aromatic rings. The van der Waals surface area contributed by atoms with Crippen molar-refractivity contribution in [2.45, 2.75) is 38.8 Å². The summed E-state index contributed by atoms with van der Waals surface area (Å²) in [5, 5.41) is 11.5. The molecule has 1 spiro atoms. The highest BCUT2D eigenvalue weighted by Gasteiger charge is 2.41. The molecule has 6 heteroatoms. The Kier molecular flexibility index (Phi) is 6.81. The smallest absolute Gasteiger partial charge is 0.144 e. The number of ether oxygens (including phenoxy) is 1. The van der Waals surface area contributed by atoms with E-state index in [1.165, 1.54) is 0 Å². The van der Waals surface area contributed by atoms with Crippen molar-refractivity contribution in [2.24, 2.45) is 4.99 Å². The van der Waals surface area contributed by atoms with Crippen LogP contribution in [-0.2, 0) is 6.54 Å². The summed E-state index contributed by atoms with van der Waals surface area (Å²) < 4.78 is 5.53. The number of hydrogen-bond acceptors (Lipinski definition) is 4. The summed E-state index contributed by atoms with van der Waals surface area (Å²) in [6.07, 6.45) is 1.95. The van der Waals surface area contributed by atoms with Crippen LogP contribution in [0.25, 0.3) is 0 Å². The van der Waals surface area contributed by atoms with Crippen LogP contribution in [0.4, 0.5) is 11.4 Å². The second-order valence-electron chi connectivity index (χ2n) is 6.76. The van der Waals surface area contributed by atoms with Gasteiger partial charge in [0, 0.05) is 5.02 Å². The Hall–Kier alpha value is -2.24. The standard InChI is InChI=1S/C20H23ClN4O.C2H6/c1-26-17-7-3-6-16-18(17)24-19(20(25-16)8-10-22-11-9-20)23-13-14-4-2-5-15(21)12-14;1-2/h2-7,12,22,25H,8-11,13H2,1H3,(H,23,24);1-2H3. The van der Waals surface area contributed by atoms with E-state index in [4.69, 9.17) is 21.3 Å². The summed E-state index contributed by atoms with van der Waals surface area (Å²) >= 11 is 6.11. The van der Waals surface area contributed by atoms with Crippen LogP contribution in [-0.4, -0.2) is 31.6 Å². The number of anilines is 2. The van der Waals surface area contributed by atoms with Gasteiger partial charge in [-0.3, -0.25) is 4.99 Å². The van der Waals surface area contributed by atoms with Crippen LogP contribution < -0.4 is 20.7 Å². The van der Waals surface area contributed by atoms with Crippen molar-refractivity contribution in [3.05, 3.63) is 53.1 Å². The molecule has 3 N–H and O–H groups in total. The lowest BCUT2D eigenvalue weighted by molar-refractivity contribution is 0.410.